The molecule has 0 aliphatic carbocycles. The second-order valence-corrected chi connectivity index (χ2v) is 7.11. The molecular formula is C18H26O2. The van der Waals surface area contributed by atoms with E-state index in [1.54, 1.807) is 0 Å². The quantitative estimate of drug-likeness (QED) is 0.577. The molecule has 0 atom stereocenters. The summed E-state index contributed by atoms with van der Waals surface area (Å²) in [5.41, 5.74) is 2.49. The van der Waals surface area contributed by atoms with Crippen LogP contribution in [0.2, 0.25) is 0 Å². The van der Waals surface area contributed by atoms with Gasteiger partial charge in [0.05, 0.1) is 12.7 Å². The average molecular weight is 274 g/mol. The Hall–Kier alpha value is -1.57. The van der Waals surface area contributed by atoms with E-state index in [9.17, 15) is 4.79 Å². The summed E-state index contributed by atoms with van der Waals surface area (Å²) in [5.74, 6) is -0.268. The van der Waals surface area contributed by atoms with Gasteiger partial charge in [-0.25, -0.2) is 4.79 Å². The maximum absolute atomic E-state index is 12.4. The first kappa shape index (κ1) is 16.5. The maximum atomic E-state index is 12.4. The second-order valence-electron chi connectivity index (χ2n) is 7.11. The average Bonchev–Trinajstić information content (AvgIpc) is 2.33. The molecule has 1 rings (SSSR count). The minimum absolute atomic E-state index is 0.113. The summed E-state index contributed by atoms with van der Waals surface area (Å²) in [4.78, 5) is 12.4. The molecule has 0 aromatic heterocycles. The Balaban J connectivity index is 3.70. The van der Waals surface area contributed by atoms with Gasteiger partial charge in [0.2, 0.25) is 0 Å². The van der Waals surface area contributed by atoms with E-state index in [-0.39, 0.29) is 16.8 Å². The SMILES string of the molecule is COC(=O)C(=C(C(C)(C)C)C(C)(C)C)c1ccccc1. The maximum Gasteiger partial charge on any atom is 0.338 e. The first-order valence-electron chi connectivity index (χ1n) is 6.98. The smallest absolute Gasteiger partial charge is 0.338 e. The number of carbonyl (C=O) groups is 1. The van der Waals surface area contributed by atoms with Crippen LogP contribution in [0.3, 0.4) is 0 Å². The zero-order valence-electron chi connectivity index (χ0n) is 13.7. The largest absolute Gasteiger partial charge is 0.465 e. The van der Waals surface area contributed by atoms with Crippen LogP contribution < -0.4 is 0 Å². The first-order chi connectivity index (χ1) is 9.09. The van der Waals surface area contributed by atoms with Crippen LogP contribution in [-0.4, -0.2) is 13.1 Å². The van der Waals surface area contributed by atoms with Crippen LogP contribution in [0.25, 0.3) is 5.57 Å². The molecule has 0 aliphatic rings. The van der Waals surface area contributed by atoms with Gasteiger partial charge in [-0.15, -0.1) is 0 Å². The number of benzene rings is 1. The van der Waals surface area contributed by atoms with Gasteiger partial charge < -0.3 is 4.74 Å². The van der Waals surface area contributed by atoms with Crippen molar-refractivity contribution in [1.82, 2.24) is 0 Å². The Morgan fingerprint density at radius 1 is 0.900 bits per heavy atom. The Morgan fingerprint density at radius 3 is 1.70 bits per heavy atom. The van der Waals surface area contributed by atoms with Gasteiger partial charge in [-0.3, -0.25) is 0 Å². The van der Waals surface area contributed by atoms with Crippen molar-refractivity contribution >= 4 is 11.5 Å². The topological polar surface area (TPSA) is 26.3 Å². The summed E-state index contributed by atoms with van der Waals surface area (Å²) in [5, 5.41) is 0. The lowest BCUT2D eigenvalue weighted by Gasteiger charge is -2.36. The van der Waals surface area contributed by atoms with Gasteiger partial charge in [-0.1, -0.05) is 71.9 Å². The van der Waals surface area contributed by atoms with E-state index in [4.69, 9.17) is 4.74 Å². The third-order valence-electron chi connectivity index (χ3n) is 3.20. The standard InChI is InChI=1S/C18H26O2/c1-17(2,3)15(18(4,5)6)14(16(19)20-7)13-11-9-8-10-12-13/h8-12H,1-7H3. The first-order valence-corrected chi connectivity index (χ1v) is 6.98. The van der Waals surface area contributed by atoms with Crippen LogP contribution in [0, 0.1) is 10.8 Å². The van der Waals surface area contributed by atoms with E-state index in [0.717, 1.165) is 11.1 Å². The van der Waals surface area contributed by atoms with Crippen molar-refractivity contribution in [3.63, 3.8) is 0 Å². The van der Waals surface area contributed by atoms with E-state index in [0.29, 0.717) is 5.57 Å². The van der Waals surface area contributed by atoms with Crippen molar-refractivity contribution in [2.75, 3.05) is 7.11 Å². The lowest BCUT2D eigenvalue weighted by Crippen LogP contribution is -2.26. The lowest BCUT2D eigenvalue weighted by molar-refractivity contribution is -0.133. The van der Waals surface area contributed by atoms with Crippen LogP contribution in [0.1, 0.15) is 47.1 Å². The third-order valence-corrected chi connectivity index (χ3v) is 3.20. The van der Waals surface area contributed by atoms with E-state index >= 15 is 0 Å². The van der Waals surface area contributed by atoms with Crippen LogP contribution in [0.4, 0.5) is 0 Å². The summed E-state index contributed by atoms with van der Waals surface area (Å²) < 4.78 is 5.04. The van der Waals surface area contributed by atoms with Gasteiger partial charge in [0.1, 0.15) is 0 Å². The highest BCUT2D eigenvalue weighted by Gasteiger charge is 2.34. The number of ether oxygens (including phenoxy) is 1. The molecule has 20 heavy (non-hydrogen) atoms. The van der Waals surface area contributed by atoms with Crippen LogP contribution in [0.5, 0.6) is 0 Å². The molecule has 110 valence electrons. The summed E-state index contributed by atoms with van der Waals surface area (Å²) in [6.07, 6.45) is 0. The summed E-state index contributed by atoms with van der Waals surface area (Å²) >= 11 is 0. The number of hydrogen-bond acceptors (Lipinski definition) is 2. The molecule has 0 radical (unpaired) electrons. The highest BCUT2D eigenvalue weighted by atomic mass is 16.5. The van der Waals surface area contributed by atoms with Crippen molar-refractivity contribution in [2.24, 2.45) is 10.8 Å². The molecule has 0 bridgehead atoms. The molecule has 0 heterocycles. The van der Waals surface area contributed by atoms with E-state index in [2.05, 4.69) is 41.5 Å². The van der Waals surface area contributed by atoms with Crippen molar-refractivity contribution in [2.45, 2.75) is 41.5 Å². The second kappa shape index (κ2) is 5.82. The Kier molecular flexibility index (Phi) is 4.80. The molecule has 0 spiro atoms. The Labute approximate surface area is 122 Å². The minimum Gasteiger partial charge on any atom is -0.465 e. The van der Waals surface area contributed by atoms with E-state index < -0.39 is 0 Å². The van der Waals surface area contributed by atoms with Gasteiger partial charge >= 0.3 is 5.97 Å². The van der Waals surface area contributed by atoms with Gasteiger partial charge in [0, 0.05) is 0 Å². The van der Waals surface area contributed by atoms with Crippen LogP contribution >= 0.6 is 0 Å². The normalized spacial score (nSPS) is 11.9. The number of allylic oxidation sites excluding steroid dienone is 1. The van der Waals surface area contributed by atoms with Crippen molar-refractivity contribution < 1.29 is 9.53 Å². The molecule has 1 aromatic carbocycles. The molecule has 2 nitrogen and oxygen atoms in total. The fourth-order valence-corrected chi connectivity index (χ4v) is 2.95. The molecule has 0 saturated carbocycles. The summed E-state index contributed by atoms with van der Waals surface area (Å²) in [6.45, 7) is 12.8. The fourth-order valence-electron chi connectivity index (χ4n) is 2.95. The lowest BCUT2D eigenvalue weighted by atomic mass is 9.68. The molecule has 2 heteroatoms. The Bertz CT molecular complexity index is 480. The molecule has 0 N–H and O–H groups in total. The van der Waals surface area contributed by atoms with E-state index in [1.165, 1.54) is 7.11 Å². The Morgan fingerprint density at radius 2 is 1.35 bits per heavy atom. The molecular weight excluding hydrogens is 248 g/mol. The predicted molar refractivity (Wildman–Crippen MR) is 84.3 cm³/mol. The van der Waals surface area contributed by atoms with Crippen molar-refractivity contribution in [3.8, 4) is 0 Å². The number of methoxy groups -OCH3 is 1. The van der Waals surface area contributed by atoms with Crippen molar-refractivity contribution in [1.29, 1.82) is 0 Å². The molecule has 0 unspecified atom stereocenters. The highest BCUT2D eigenvalue weighted by molar-refractivity contribution is 6.17. The van der Waals surface area contributed by atoms with E-state index in [1.807, 2.05) is 30.3 Å². The van der Waals surface area contributed by atoms with Crippen LogP contribution in [-0.2, 0) is 9.53 Å². The summed E-state index contributed by atoms with van der Waals surface area (Å²) in [6, 6.07) is 9.77. The van der Waals surface area contributed by atoms with Gasteiger partial charge in [-0.2, -0.15) is 0 Å². The van der Waals surface area contributed by atoms with Crippen molar-refractivity contribution in [3.05, 3.63) is 41.5 Å². The van der Waals surface area contributed by atoms with Gasteiger partial charge in [0.15, 0.2) is 0 Å². The van der Waals surface area contributed by atoms with Gasteiger partial charge in [0.25, 0.3) is 0 Å². The molecule has 1 aromatic rings. The van der Waals surface area contributed by atoms with Gasteiger partial charge in [-0.05, 0) is 22.0 Å². The summed E-state index contributed by atoms with van der Waals surface area (Å²) in [7, 11) is 1.44. The number of carbonyl (C=O) groups excluding carboxylic acids is 1. The molecule has 0 aliphatic heterocycles. The number of rotatable bonds is 2. The third kappa shape index (κ3) is 3.72. The monoisotopic (exact) mass is 274 g/mol. The molecule has 0 saturated heterocycles. The zero-order chi connectivity index (χ0) is 15.6. The number of hydrogen-bond donors (Lipinski definition) is 0. The zero-order valence-corrected chi connectivity index (χ0v) is 13.7. The fraction of sp³-hybridized carbons (Fsp3) is 0.500. The minimum atomic E-state index is -0.268. The highest BCUT2D eigenvalue weighted by Crippen LogP contribution is 2.44. The van der Waals surface area contributed by atoms with Crippen LogP contribution in [0.15, 0.2) is 35.9 Å². The molecule has 0 amide bonds. The number of esters is 1. The molecule has 0 fully saturated rings. The predicted octanol–water partition coefficient (Wildman–Crippen LogP) is 4.71.